The van der Waals surface area contributed by atoms with E-state index in [1.165, 1.54) is 12.1 Å². The molecule has 1 fully saturated rings. The van der Waals surface area contributed by atoms with Crippen LogP contribution in [0.5, 0.6) is 5.75 Å². The second kappa shape index (κ2) is 8.51. The van der Waals surface area contributed by atoms with Gasteiger partial charge in [-0.05, 0) is 43.5 Å². The maximum atomic E-state index is 13.0. The van der Waals surface area contributed by atoms with E-state index >= 15 is 0 Å². The summed E-state index contributed by atoms with van der Waals surface area (Å²) >= 11 is 6.00. The van der Waals surface area contributed by atoms with E-state index in [2.05, 4.69) is 14.9 Å². The minimum absolute atomic E-state index is 0.102. The fourth-order valence-corrected chi connectivity index (χ4v) is 4.04. The van der Waals surface area contributed by atoms with Gasteiger partial charge in [0.15, 0.2) is 0 Å². The number of ether oxygens (including phenoxy) is 1. The lowest BCUT2D eigenvalue weighted by atomic mass is 9.92. The molecule has 1 saturated heterocycles. The molecule has 4 rings (SSSR count). The molecule has 0 spiro atoms. The van der Waals surface area contributed by atoms with E-state index in [4.69, 9.17) is 16.1 Å². The zero-order valence-corrected chi connectivity index (χ0v) is 16.9. The van der Waals surface area contributed by atoms with Gasteiger partial charge < -0.3 is 19.3 Å². The van der Waals surface area contributed by atoms with Gasteiger partial charge in [-0.15, -0.1) is 13.2 Å². The SMILES string of the molecule is O=C(C1CC=C(Cl)CC1)N1CC(O)CC1c1nc(-c2ccc(OC(F)(F)F)cc2)no1. The lowest BCUT2D eigenvalue weighted by molar-refractivity contribution is -0.274. The number of allylic oxidation sites excluding steroid dienone is 2. The molecule has 1 aromatic carbocycles. The molecule has 0 bridgehead atoms. The first-order chi connectivity index (χ1) is 14.7. The van der Waals surface area contributed by atoms with Gasteiger partial charge in [-0.25, -0.2) is 0 Å². The van der Waals surface area contributed by atoms with Gasteiger partial charge >= 0.3 is 6.36 Å². The van der Waals surface area contributed by atoms with Crippen molar-refractivity contribution in [1.82, 2.24) is 15.0 Å². The summed E-state index contributed by atoms with van der Waals surface area (Å²) in [6.45, 7) is 0.165. The largest absolute Gasteiger partial charge is 0.573 e. The van der Waals surface area contributed by atoms with Crippen molar-refractivity contribution in [3.63, 3.8) is 0 Å². The fourth-order valence-electron chi connectivity index (χ4n) is 3.85. The Kier molecular flexibility index (Phi) is 5.94. The number of aliphatic hydroxyl groups is 1. The topological polar surface area (TPSA) is 88.7 Å². The molecule has 1 aliphatic heterocycles. The van der Waals surface area contributed by atoms with Crippen molar-refractivity contribution in [3.8, 4) is 17.1 Å². The van der Waals surface area contributed by atoms with Crippen molar-refractivity contribution in [2.24, 2.45) is 5.92 Å². The normalized spacial score (nSPS) is 24.2. The predicted octanol–water partition coefficient (Wildman–Crippen LogP) is 4.19. The number of rotatable bonds is 4. The van der Waals surface area contributed by atoms with Crippen LogP contribution < -0.4 is 4.74 Å². The number of hydrogen-bond acceptors (Lipinski definition) is 6. The highest BCUT2D eigenvalue weighted by Gasteiger charge is 2.41. The molecule has 3 unspecified atom stereocenters. The van der Waals surface area contributed by atoms with Gasteiger partial charge in [0.2, 0.25) is 17.6 Å². The molecule has 7 nitrogen and oxygen atoms in total. The summed E-state index contributed by atoms with van der Waals surface area (Å²) in [5.41, 5.74) is 0.424. The van der Waals surface area contributed by atoms with Crippen LogP contribution in [-0.2, 0) is 4.79 Å². The highest BCUT2D eigenvalue weighted by Crippen LogP contribution is 2.36. The summed E-state index contributed by atoms with van der Waals surface area (Å²) in [5, 5.41) is 14.8. The molecule has 1 amide bonds. The summed E-state index contributed by atoms with van der Waals surface area (Å²) in [7, 11) is 0. The number of aromatic nitrogens is 2. The van der Waals surface area contributed by atoms with Gasteiger partial charge in [-0.2, -0.15) is 4.98 Å². The molecule has 2 heterocycles. The Hall–Kier alpha value is -2.59. The van der Waals surface area contributed by atoms with E-state index in [0.29, 0.717) is 24.8 Å². The Morgan fingerprint density at radius 2 is 2.03 bits per heavy atom. The van der Waals surface area contributed by atoms with Crippen LogP contribution in [0.25, 0.3) is 11.4 Å². The molecule has 11 heteroatoms. The Labute approximate surface area is 180 Å². The number of halogens is 4. The quantitative estimate of drug-likeness (QED) is 0.740. The van der Waals surface area contributed by atoms with E-state index in [9.17, 15) is 23.1 Å². The van der Waals surface area contributed by atoms with Crippen LogP contribution in [0.1, 0.15) is 37.6 Å². The van der Waals surface area contributed by atoms with E-state index in [1.54, 1.807) is 4.90 Å². The predicted molar refractivity (Wildman–Crippen MR) is 103 cm³/mol. The molecule has 166 valence electrons. The highest BCUT2D eigenvalue weighted by molar-refractivity contribution is 6.29. The fraction of sp³-hybridized carbons (Fsp3) is 0.450. The van der Waals surface area contributed by atoms with Gasteiger partial charge in [-0.1, -0.05) is 22.8 Å². The molecule has 31 heavy (non-hydrogen) atoms. The average Bonchev–Trinajstić information content (AvgIpc) is 3.34. The van der Waals surface area contributed by atoms with Gasteiger partial charge in [0, 0.05) is 29.5 Å². The number of hydrogen-bond donors (Lipinski definition) is 1. The van der Waals surface area contributed by atoms with Crippen LogP contribution in [0.3, 0.4) is 0 Å². The molecule has 1 N–H and O–H groups in total. The number of carbonyl (C=O) groups is 1. The van der Waals surface area contributed by atoms with Crippen molar-refractivity contribution in [2.75, 3.05) is 6.54 Å². The monoisotopic (exact) mass is 457 g/mol. The van der Waals surface area contributed by atoms with E-state index < -0.39 is 18.5 Å². The Balaban J connectivity index is 1.50. The third-order valence-corrected chi connectivity index (χ3v) is 5.68. The molecular weight excluding hydrogens is 439 g/mol. The first-order valence-electron chi connectivity index (χ1n) is 9.72. The zero-order chi connectivity index (χ0) is 22.2. The lowest BCUT2D eigenvalue weighted by Gasteiger charge is -2.28. The second-order valence-electron chi connectivity index (χ2n) is 7.55. The number of aliphatic hydroxyl groups excluding tert-OH is 1. The number of likely N-dealkylation sites (tertiary alicyclic amines) is 1. The number of amides is 1. The molecule has 3 atom stereocenters. The third-order valence-electron chi connectivity index (χ3n) is 5.34. The second-order valence-corrected chi connectivity index (χ2v) is 8.03. The number of β-amino-alcohol motifs (C(OH)–C–C–N with tert-alkyl or cyclic N) is 1. The molecule has 2 aromatic rings. The van der Waals surface area contributed by atoms with Crippen LogP contribution >= 0.6 is 11.6 Å². The molecule has 0 saturated carbocycles. The zero-order valence-electron chi connectivity index (χ0n) is 16.2. The van der Waals surface area contributed by atoms with Gasteiger partial charge in [0.25, 0.3) is 0 Å². The summed E-state index contributed by atoms with van der Waals surface area (Å²) in [6, 6.07) is 4.48. The van der Waals surface area contributed by atoms with Crippen molar-refractivity contribution in [2.45, 2.75) is 44.2 Å². The van der Waals surface area contributed by atoms with Crippen LogP contribution in [-0.4, -0.2) is 45.1 Å². The molecule has 0 radical (unpaired) electrons. The van der Waals surface area contributed by atoms with Crippen molar-refractivity contribution >= 4 is 17.5 Å². The number of nitrogens with zero attached hydrogens (tertiary/aromatic N) is 3. The van der Waals surface area contributed by atoms with Gasteiger partial charge in [0.05, 0.1) is 6.10 Å². The maximum Gasteiger partial charge on any atom is 0.573 e. The number of alkyl halides is 3. The summed E-state index contributed by atoms with van der Waals surface area (Å²) in [4.78, 5) is 18.9. The molecule has 2 aliphatic rings. The minimum atomic E-state index is -4.78. The van der Waals surface area contributed by atoms with Crippen LogP contribution in [0.2, 0.25) is 0 Å². The number of carbonyl (C=O) groups excluding carboxylic acids is 1. The summed E-state index contributed by atoms with van der Waals surface area (Å²) in [5.74, 6) is -0.360. The van der Waals surface area contributed by atoms with Gasteiger partial charge in [-0.3, -0.25) is 4.79 Å². The maximum absolute atomic E-state index is 13.0. The Morgan fingerprint density at radius 3 is 2.68 bits per heavy atom. The van der Waals surface area contributed by atoms with Gasteiger partial charge in [0.1, 0.15) is 11.8 Å². The summed E-state index contributed by atoms with van der Waals surface area (Å²) in [6.07, 6.45) is -1.59. The van der Waals surface area contributed by atoms with Crippen LogP contribution in [0.4, 0.5) is 13.2 Å². The standard InChI is InChI=1S/C20H19ClF3N3O4/c21-13-5-1-12(2-6-13)19(29)27-10-14(28)9-16(27)18-25-17(26-31-18)11-3-7-15(8-4-11)30-20(22,23)24/h3-5,7-8,12,14,16,28H,1-2,6,9-10H2. The highest BCUT2D eigenvalue weighted by atomic mass is 35.5. The Bertz CT molecular complexity index is 977. The summed E-state index contributed by atoms with van der Waals surface area (Å²) < 4.78 is 46.1. The first-order valence-corrected chi connectivity index (χ1v) is 10.1. The van der Waals surface area contributed by atoms with Crippen molar-refractivity contribution in [3.05, 3.63) is 41.3 Å². The third kappa shape index (κ3) is 5.01. The molecule has 1 aliphatic carbocycles. The van der Waals surface area contributed by atoms with Crippen LogP contribution in [0, 0.1) is 5.92 Å². The average molecular weight is 458 g/mol. The smallest absolute Gasteiger partial charge is 0.406 e. The lowest BCUT2D eigenvalue weighted by Crippen LogP contribution is -2.37. The van der Waals surface area contributed by atoms with Crippen molar-refractivity contribution in [1.29, 1.82) is 0 Å². The Morgan fingerprint density at radius 1 is 1.29 bits per heavy atom. The first kappa shape index (κ1) is 21.6. The van der Waals surface area contributed by atoms with E-state index in [-0.39, 0.29) is 42.3 Å². The van der Waals surface area contributed by atoms with Crippen LogP contribution in [0.15, 0.2) is 39.9 Å². The van der Waals surface area contributed by atoms with Crippen molar-refractivity contribution < 1.29 is 32.3 Å². The van der Waals surface area contributed by atoms with E-state index in [1.807, 2.05) is 6.08 Å². The number of benzene rings is 1. The minimum Gasteiger partial charge on any atom is -0.406 e. The molecule has 1 aromatic heterocycles. The van der Waals surface area contributed by atoms with E-state index in [0.717, 1.165) is 17.2 Å². The molecular formula is C20H19ClF3N3O4.